The maximum absolute atomic E-state index is 14.6. The van der Waals surface area contributed by atoms with Crippen LogP contribution in [0.4, 0.5) is 26.3 Å². The van der Waals surface area contributed by atoms with Gasteiger partial charge in [0.15, 0.2) is 13.2 Å². The second-order valence-corrected chi connectivity index (χ2v) is 11.2. The number of ether oxygens (including phenoxy) is 2. The minimum absolute atomic E-state index is 0.131. The summed E-state index contributed by atoms with van der Waals surface area (Å²) in [7, 11) is 0. The predicted molar refractivity (Wildman–Crippen MR) is 173 cm³/mol. The second-order valence-electron chi connectivity index (χ2n) is 11.2. The third kappa shape index (κ3) is 6.46. The van der Waals surface area contributed by atoms with Gasteiger partial charge >= 0.3 is 17.8 Å². The van der Waals surface area contributed by atoms with Crippen LogP contribution in [0.5, 0.6) is 11.5 Å². The van der Waals surface area contributed by atoms with E-state index >= 15 is 0 Å². The number of hydrogen-bond donors (Lipinski definition) is 5. The average Bonchev–Trinajstić information content (AvgIpc) is 3.70. The molecule has 0 unspecified atom stereocenters. The van der Waals surface area contributed by atoms with Crippen LogP contribution in [0.25, 0.3) is 50.5 Å². The number of fused-ring (bicyclic) bond motifs is 2. The molecule has 49 heavy (non-hydrogen) atoms. The molecule has 0 amide bonds. The third-order valence-electron chi connectivity index (χ3n) is 7.66. The largest absolute Gasteiger partial charge is 0.487 e. The number of nitrogen functional groups attached to an aromatic ring is 1. The third-order valence-corrected chi connectivity index (χ3v) is 7.66. The van der Waals surface area contributed by atoms with Crippen LogP contribution in [-0.2, 0) is 0 Å². The van der Waals surface area contributed by atoms with Crippen LogP contribution < -0.4 is 20.9 Å². The quantitative estimate of drug-likeness (QED) is 0.0518. The second kappa shape index (κ2) is 12.2. The van der Waals surface area contributed by atoms with Gasteiger partial charge in [-0.2, -0.15) is 26.3 Å². The van der Waals surface area contributed by atoms with Crippen molar-refractivity contribution in [3.63, 3.8) is 0 Å². The van der Waals surface area contributed by atoms with E-state index in [0.717, 1.165) is 0 Å². The Morgan fingerprint density at radius 2 is 1.06 bits per heavy atom. The Kier molecular flexibility index (Phi) is 8.22. The van der Waals surface area contributed by atoms with Gasteiger partial charge in [-0.3, -0.25) is 5.41 Å². The minimum Gasteiger partial charge on any atom is -0.487 e. The van der Waals surface area contributed by atoms with Gasteiger partial charge in [0.2, 0.25) is 0 Å². The van der Waals surface area contributed by atoms with Crippen molar-refractivity contribution in [1.29, 1.82) is 5.41 Å². The summed E-state index contributed by atoms with van der Waals surface area (Å²) in [5.74, 6) is -16.2. The molecule has 0 atom stereocenters. The molecule has 0 aliphatic heterocycles. The fourth-order valence-electron chi connectivity index (χ4n) is 4.87. The van der Waals surface area contributed by atoms with Gasteiger partial charge in [0.1, 0.15) is 29.0 Å². The first-order valence-corrected chi connectivity index (χ1v) is 14.5. The summed E-state index contributed by atoms with van der Waals surface area (Å²) in [6, 6.07) is 20.7. The Balaban J connectivity index is 1.07. The first-order valence-electron chi connectivity index (χ1n) is 14.5. The number of alkyl halides is 6. The Morgan fingerprint density at radius 3 is 1.47 bits per heavy atom. The number of nitrogens with zero attached hydrogens (tertiary/aromatic N) is 2. The van der Waals surface area contributed by atoms with Crippen molar-refractivity contribution in [2.75, 3.05) is 13.2 Å². The molecule has 9 nitrogen and oxygen atoms in total. The zero-order chi connectivity index (χ0) is 35.1. The first kappa shape index (κ1) is 32.9. The molecule has 0 spiro atoms. The van der Waals surface area contributed by atoms with Crippen LogP contribution in [0.2, 0.25) is 0 Å². The number of H-pyrrole nitrogens is 2. The highest BCUT2D eigenvalue weighted by Crippen LogP contribution is 2.46. The van der Waals surface area contributed by atoms with Gasteiger partial charge in [-0.15, -0.1) is 0 Å². The smallest absolute Gasteiger partial charge is 0.378 e. The summed E-state index contributed by atoms with van der Waals surface area (Å²) < 4.78 is 97.2. The summed E-state index contributed by atoms with van der Waals surface area (Å²) in [5.41, 5.74) is 16.2. The lowest BCUT2D eigenvalue weighted by molar-refractivity contribution is -0.319. The number of hydrogen-bond acceptors (Lipinski definition) is 6. The monoisotopic (exact) mass is 679 g/mol. The molecule has 0 fully saturated rings. The van der Waals surface area contributed by atoms with Crippen LogP contribution in [0, 0.1) is 5.41 Å². The minimum atomic E-state index is -5.82. The Morgan fingerprint density at radius 1 is 0.653 bits per heavy atom. The number of nitrogens with one attached hydrogen (secondary N) is 3. The van der Waals surface area contributed by atoms with Crippen molar-refractivity contribution in [2.24, 2.45) is 11.5 Å². The van der Waals surface area contributed by atoms with Crippen molar-refractivity contribution in [3.8, 4) is 34.3 Å². The number of aromatic nitrogens is 4. The van der Waals surface area contributed by atoms with E-state index in [-0.39, 0.29) is 17.3 Å². The summed E-state index contributed by atoms with van der Waals surface area (Å²) in [6.45, 7) is -0.364. The van der Waals surface area contributed by atoms with Gasteiger partial charge in [-0.1, -0.05) is 12.6 Å². The highest BCUT2D eigenvalue weighted by molar-refractivity contribution is 5.98. The van der Waals surface area contributed by atoms with Crippen LogP contribution in [0.1, 0.15) is 11.1 Å². The molecular formula is C34H27F6N7O2. The Hall–Kier alpha value is -5.99. The molecule has 0 aliphatic carbocycles. The number of rotatable bonds is 12. The molecule has 0 saturated heterocycles. The molecule has 2 aromatic heterocycles. The lowest BCUT2D eigenvalue weighted by Crippen LogP contribution is -2.58. The first-order chi connectivity index (χ1) is 23.1. The van der Waals surface area contributed by atoms with Gasteiger partial charge in [0, 0.05) is 22.4 Å². The number of amidine groups is 1. The van der Waals surface area contributed by atoms with Crippen LogP contribution in [0.15, 0.2) is 91.5 Å². The van der Waals surface area contributed by atoms with E-state index in [9.17, 15) is 26.3 Å². The average molecular weight is 680 g/mol. The van der Waals surface area contributed by atoms with Gasteiger partial charge in [0.25, 0.3) is 0 Å². The molecule has 252 valence electrons. The number of benzene rings is 4. The number of imidazole rings is 2. The van der Waals surface area contributed by atoms with E-state index in [0.29, 0.717) is 61.7 Å². The molecular weight excluding hydrogens is 652 g/mol. The number of nitrogens with two attached hydrogens (primary N) is 2. The highest BCUT2D eigenvalue weighted by Gasteiger charge is 2.72. The molecule has 6 aromatic rings. The molecule has 4 aromatic carbocycles. The molecule has 7 N–H and O–H groups in total. The van der Waals surface area contributed by atoms with E-state index < -0.39 is 31.0 Å². The van der Waals surface area contributed by atoms with Crippen molar-refractivity contribution in [2.45, 2.75) is 17.8 Å². The summed E-state index contributed by atoms with van der Waals surface area (Å²) in [4.78, 5) is 15.0. The summed E-state index contributed by atoms with van der Waals surface area (Å²) in [6.07, 6.45) is 0. The van der Waals surface area contributed by atoms with E-state index in [4.69, 9.17) is 26.4 Å². The molecule has 0 aliphatic rings. The molecule has 0 saturated carbocycles. The SMILES string of the molecule is C=C(N)c1ccc2nc(-c3ccc(OCC(F)(F)C(F)(F)C(F)(F)COc4ccc(-c5nc6ccc(C(=N)N)cc6[nH]5)cc4)cc3)[nH]c2c1. The fraction of sp³-hybridized carbons (Fsp3) is 0.147. The van der Waals surface area contributed by atoms with Gasteiger partial charge in [-0.25, -0.2) is 9.97 Å². The van der Waals surface area contributed by atoms with Crippen molar-refractivity contribution < 1.29 is 35.8 Å². The molecule has 15 heteroatoms. The maximum Gasteiger partial charge on any atom is 0.378 e. The zero-order valence-corrected chi connectivity index (χ0v) is 25.3. The van der Waals surface area contributed by atoms with E-state index in [2.05, 4.69) is 26.5 Å². The maximum atomic E-state index is 14.6. The number of halogens is 6. The normalized spacial score (nSPS) is 12.4. The molecule has 2 heterocycles. The van der Waals surface area contributed by atoms with E-state index in [1.54, 1.807) is 36.4 Å². The van der Waals surface area contributed by atoms with Crippen LogP contribution >= 0.6 is 0 Å². The molecule has 0 radical (unpaired) electrons. The zero-order valence-electron chi connectivity index (χ0n) is 25.3. The Bertz CT molecular complexity index is 2020. The summed E-state index contributed by atoms with van der Waals surface area (Å²) >= 11 is 0. The fourth-order valence-corrected chi connectivity index (χ4v) is 4.87. The van der Waals surface area contributed by atoms with E-state index in [1.807, 2.05) is 0 Å². The predicted octanol–water partition coefficient (Wildman–Crippen LogP) is 7.35. The van der Waals surface area contributed by atoms with Crippen molar-refractivity contribution >= 4 is 33.6 Å². The molecule has 6 rings (SSSR count). The van der Waals surface area contributed by atoms with Crippen LogP contribution in [0.3, 0.4) is 0 Å². The standard InChI is InChI=1S/C34H27F6N7O2/c1-18(41)21-6-12-25-27(14-21)46-30(44-25)19-2-8-23(9-3-19)48-16-32(35,36)34(39,40)33(37,38)17-49-24-10-4-20(5-11-24)31-45-26-13-7-22(29(42)43)15-28(26)47-31/h2-15H,1,16-17,41H2,(H3,42,43)(H,44,46)(H,45,47). The van der Waals surface area contributed by atoms with Gasteiger partial charge in [0.05, 0.1) is 22.1 Å². The lowest BCUT2D eigenvalue weighted by atomic mass is 10.1. The lowest BCUT2D eigenvalue weighted by Gasteiger charge is -2.32. The van der Waals surface area contributed by atoms with Crippen molar-refractivity contribution in [3.05, 3.63) is 103 Å². The van der Waals surface area contributed by atoms with E-state index in [1.165, 1.54) is 48.5 Å². The molecule has 0 bridgehead atoms. The van der Waals surface area contributed by atoms with Gasteiger partial charge in [-0.05, 0) is 84.4 Å². The van der Waals surface area contributed by atoms with Crippen molar-refractivity contribution in [1.82, 2.24) is 19.9 Å². The van der Waals surface area contributed by atoms with Gasteiger partial charge < -0.3 is 30.9 Å². The number of aromatic amines is 2. The highest BCUT2D eigenvalue weighted by atomic mass is 19.3. The Labute approximate surface area is 274 Å². The summed E-state index contributed by atoms with van der Waals surface area (Å²) in [5, 5.41) is 7.55. The topological polar surface area (TPSA) is 152 Å². The van der Waals surface area contributed by atoms with Crippen LogP contribution in [-0.4, -0.2) is 56.8 Å².